The number of carbonyl (C=O) groups is 1. The number of amides is 1. The molecule has 2 rings (SSSR count). The maximum atomic E-state index is 12.3. The summed E-state index contributed by atoms with van der Waals surface area (Å²) in [7, 11) is 0. The van der Waals surface area contributed by atoms with Gasteiger partial charge >= 0.3 is 0 Å². The zero-order valence-corrected chi connectivity index (χ0v) is 13.3. The van der Waals surface area contributed by atoms with Crippen molar-refractivity contribution in [2.45, 2.75) is 24.0 Å². The SMILES string of the molecule is CSC1(C(N)=S)CCN(C(=O)Cc2ccccc2)CC1. The molecule has 0 aromatic heterocycles. The van der Waals surface area contributed by atoms with Crippen molar-refractivity contribution in [3.8, 4) is 0 Å². The Kier molecular flexibility index (Phi) is 5.05. The molecule has 1 aliphatic heterocycles. The van der Waals surface area contributed by atoms with Crippen molar-refractivity contribution in [1.29, 1.82) is 0 Å². The molecule has 2 N–H and O–H groups in total. The molecule has 1 saturated heterocycles. The van der Waals surface area contributed by atoms with Crippen molar-refractivity contribution >= 4 is 34.9 Å². The molecule has 108 valence electrons. The highest BCUT2D eigenvalue weighted by atomic mass is 32.2. The number of likely N-dealkylation sites (tertiary alicyclic amines) is 1. The lowest BCUT2D eigenvalue weighted by Gasteiger charge is -2.40. The largest absolute Gasteiger partial charge is 0.392 e. The number of rotatable bonds is 4. The molecule has 0 bridgehead atoms. The fourth-order valence-electron chi connectivity index (χ4n) is 2.55. The predicted octanol–water partition coefficient (Wildman–Crippen LogP) is 2.24. The molecule has 3 nitrogen and oxygen atoms in total. The van der Waals surface area contributed by atoms with Crippen LogP contribution in [0.15, 0.2) is 30.3 Å². The Bertz CT molecular complexity index is 482. The van der Waals surface area contributed by atoms with Crippen LogP contribution in [0.25, 0.3) is 0 Å². The third-order valence-corrected chi connectivity index (χ3v) is 5.89. The molecule has 1 aliphatic rings. The molecule has 1 fully saturated rings. The first-order chi connectivity index (χ1) is 9.57. The lowest BCUT2D eigenvalue weighted by Crippen LogP contribution is -2.51. The fraction of sp³-hybridized carbons (Fsp3) is 0.467. The first-order valence-corrected chi connectivity index (χ1v) is 8.37. The van der Waals surface area contributed by atoms with Crippen LogP contribution in [0, 0.1) is 0 Å². The Morgan fingerprint density at radius 2 is 1.95 bits per heavy atom. The average molecular weight is 308 g/mol. The molecule has 5 heteroatoms. The summed E-state index contributed by atoms with van der Waals surface area (Å²) >= 11 is 6.90. The van der Waals surface area contributed by atoms with Gasteiger partial charge in [-0.25, -0.2) is 0 Å². The second-order valence-electron chi connectivity index (χ2n) is 5.11. The van der Waals surface area contributed by atoms with E-state index in [-0.39, 0.29) is 10.7 Å². The third-order valence-electron chi connectivity index (χ3n) is 3.96. The minimum atomic E-state index is -0.126. The van der Waals surface area contributed by atoms with Gasteiger partial charge in [-0.3, -0.25) is 4.79 Å². The summed E-state index contributed by atoms with van der Waals surface area (Å²) in [5, 5.41) is 0. The van der Waals surface area contributed by atoms with Crippen LogP contribution in [0.1, 0.15) is 18.4 Å². The molecule has 0 saturated carbocycles. The van der Waals surface area contributed by atoms with Gasteiger partial charge in [0, 0.05) is 13.1 Å². The van der Waals surface area contributed by atoms with E-state index in [4.69, 9.17) is 18.0 Å². The van der Waals surface area contributed by atoms with E-state index in [1.54, 1.807) is 11.8 Å². The summed E-state index contributed by atoms with van der Waals surface area (Å²) in [4.78, 5) is 14.8. The Morgan fingerprint density at radius 3 is 2.45 bits per heavy atom. The lowest BCUT2D eigenvalue weighted by molar-refractivity contribution is -0.131. The van der Waals surface area contributed by atoms with Gasteiger partial charge in [-0.15, -0.1) is 0 Å². The van der Waals surface area contributed by atoms with Gasteiger partial charge in [0.05, 0.1) is 16.2 Å². The number of carbonyl (C=O) groups excluding carboxylic acids is 1. The van der Waals surface area contributed by atoms with Gasteiger partial charge in [-0.05, 0) is 24.7 Å². The van der Waals surface area contributed by atoms with E-state index in [9.17, 15) is 4.79 Å². The van der Waals surface area contributed by atoms with Gasteiger partial charge < -0.3 is 10.6 Å². The molecule has 1 amide bonds. The average Bonchev–Trinajstić information content (AvgIpc) is 2.48. The predicted molar refractivity (Wildman–Crippen MR) is 89.0 cm³/mol. The first-order valence-electron chi connectivity index (χ1n) is 6.74. The summed E-state index contributed by atoms with van der Waals surface area (Å²) in [5.74, 6) is 0.189. The van der Waals surface area contributed by atoms with Crippen LogP contribution in [0.4, 0.5) is 0 Å². The number of thiocarbonyl (C=S) groups is 1. The zero-order valence-electron chi connectivity index (χ0n) is 11.7. The van der Waals surface area contributed by atoms with Crippen LogP contribution in [0.5, 0.6) is 0 Å². The van der Waals surface area contributed by atoms with Crippen molar-refractivity contribution in [2.75, 3.05) is 19.3 Å². The Hall–Kier alpha value is -1.07. The molecule has 0 radical (unpaired) electrons. The highest BCUT2D eigenvalue weighted by molar-refractivity contribution is 8.02. The minimum absolute atomic E-state index is 0.126. The molecule has 0 atom stereocenters. The highest BCUT2D eigenvalue weighted by Crippen LogP contribution is 2.35. The van der Waals surface area contributed by atoms with Crippen LogP contribution in [-0.4, -0.2) is 39.9 Å². The number of thioether (sulfide) groups is 1. The zero-order chi connectivity index (χ0) is 14.6. The van der Waals surface area contributed by atoms with Crippen LogP contribution in [0.2, 0.25) is 0 Å². The molecule has 20 heavy (non-hydrogen) atoms. The monoisotopic (exact) mass is 308 g/mol. The summed E-state index contributed by atoms with van der Waals surface area (Å²) in [6, 6.07) is 9.87. The van der Waals surface area contributed by atoms with E-state index in [0.717, 1.165) is 31.5 Å². The number of benzene rings is 1. The minimum Gasteiger partial charge on any atom is -0.392 e. The third kappa shape index (κ3) is 3.33. The second-order valence-corrected chi connectivity index (χ2v) is 6.74. The topological polar surface area (TPSA) is 46.3 Å². The van der Waals surface area contributed by atoms with Gasteiger partial charge in [0.25, 0.3) is 0 Å². The van der Waals surface area contributed by atoms with Crippen molar-refractivity contribution in [1.82, 2.24) is 4.90 Å². The maximum Gasteiger partial charge on any atom is 0.226 e. The highest BCUT2D eigenvalue weighted by Gasteiger charge is 2.37. The van der Waals surface area contributed by atoms with Crippen molar-refractivity contribution in [3.63, 3.8) is 0 Å². The van der Waals surface area contributed by atoms with Gasteiger partial charge in [0.1, 0.15) is 0 Å². The van der Waals surface area contributed by atoms with Crippen LogP contribution in [0.3, 0.4) is 0 Å². The molecule has 0 aliphatic carbocycles. The molecule has 1 aromatic carbocycles. The van der Waals surface area contributed by atoms with Crippen molar-refractivity contribution in [3.05, 3.63) is 35.9 Å². The normalized spacial score (nSPS) is 17.8. The number of piperidine rings is 1. The van der Waals surface area contributed by atoms with Crippen LogP contribution < -0.4 is 5.73 Å². The molecule has 0 spiro atoms. The summed E-state index contributed by atoms with van der Waals surface area (Å²) in [6.45, 7) is 1.48. The molecular weight excluding hydrogens is 288 g/mol. The van der Waals surface area contributed by atoms with E-state index in [1.807, 2.05) is 41.5 Å². The van der Waals surface area contributed by atoms with Crippen LogP contribution >= 0.6 is 24.0 Å². The number of hydrogen-bond donors (Lipinski definition) is 1. The Balaban J connectivity index is 1.94. The van der Waals surface area contributed by atoms with Gasteiger partial charge in [-0.1, -0.05) is 42.5 Å². The van der Waals surface area contributed by atoms with Crippen molar-refractivity contribution < 1.29 is 4.79 Å². The number of nitrogens with zero attached hydrogens (tertiary/aromatic N) is 1. The summed E-state index contributed by atoms with van der Waals surface area (Å²) in [5.41, 5.74) is 6.93. The standard InChI is InChI=1S/C15H20N2OS2/c1-20-15(14(16)19)7-9-17(10-8-15)13(18)11-12-5-3-2-4-6-12/h2-6H,7-11H2,1H3,(H2,16,19). The molecule has 1 heterocycles. The fourth-order valence-corrected chi connectivity index (χ4v) is 3.80. The van der Waals surface area contributed by atoms with E-state index < -0.39 is 0 Å². The van der Waals surface area contributed by atoms with Crippen molar-refractivity contribution in [2.24, 2.45) is 5.73 Å². The van der Waals surface area contributed by atoms with E-state index in [0.29, 0.717) is 11.4 Å². The smallest absolute Gasteiger partial charge is 0.226 e. The Labute approximate surface area is 129 Å². The van der Waals surface area contributed by atoms with Gasteiger partial charge in [0.2, 0.25) is 5.91 Å². The second kappa shape index (κ2) is 6.59. The van der Waals surface area contributed by atoms with E-state index >= 15 is 0 Å². The van der Waals surface area contributed by atoms with Gasteiger partial charge in [0.15, 0.2) is 0 Å². The lowest BCUT2D eigenvalue weighted by atomic mass is 9.95. The molecule has 1 aromatic rings. The summed E-state index contributed by atoms with van der Waals surface area (Å²) < 4.78 is -0.126. The molecular formula is C15H20N2OS2. The number of nitrogens with two attached hydrogens (primary N) is 1. The molecule has 0 unspecified atom stereocenters. The van der Waals surface area contributed by atoms with E-state index in [2.05, 4.69) is 0 Å². The van der Waals surface area contributed by atoms with Crippen LogP contribution in [-0.2, 0) is 11.2 Å². The Morgan fingerprint density at radius 1 is 1.35 bits per heavy atom. The van der Waals surface area contributed by atoms with Gasteiger partial charge in [-0.2, -0.15) is 11.8 Å². The number of hydrogen-bond acceptors (Lipinski definition) is 3. The van der Waals surface area contributed by atoms with E-state index in [1.165, 1.54) is 0 Å². The maximum absolute atomic E-state index is 12.3. The first kappa shape index (κ1) is 15.3. The summed E-state index contributed by atoms with van der Waals surface area (Å²) in [6.07, 6.45) is 4.22. The quantitative estimate of drug-likeness (QED) is 0.867.